The van der Waals surface area contributed by atoms with Gasteiger partial charge in [-0.1, -0.05) is 43.5 Å². The van der Waals surface area contributed by atoms with E-state index in [0.717, 1.165) is 0 Å². The maximum Gasteiger partial charge on any atom is 0.354 e. The van der Waals surface area contributed by atoms with Crippen molar-refractivity contribution >= 4 is 23.4 Å². The predicted octanol–water partition coefficient (Wildman–Crippen LogP) is 2.73. The van der Waals surface area contributed by atoms with Gasteiger partial charge in [-0.3, -0.25) is 9.59 Å². The van der Waals surface area contributed by atoms with Crippen LogP contribution in [-0.2, 0) is 14.3 Å². The van der Waals surface area contributed by atoms with E-state index in [1.54, 1.807) is 12.1 Å². The van der Waals surface area contributed by atoms with Gasteiger partial charge in [-0.15, -0.1) is 0 Å². The fraction of sp³-hybridized carbons (Fsp3) is 0.474. The number of amides is 1. The third-order valence-electron chi connectivity index (χ3n) is 4.78. The van der Waals surface area contributed by atoms with Crippen molar-refractivity contribution in [2.45, 2.75) is 50.9 Å². The van der Waals surface area contributed by atoms with Crippen molar-refractivity contribution in [2.75, 3.05) is 6.61 Å². The zero-order chi connectivity index (χ0) is 17.6. The van der Waals surface area contributed by atoms with Crippen molar-refractivity contribution in [3.63, 3.8) is 0 Å². The summed E-state index contributed by atoms with van der Waals surface area (Å²) in [5.41, 5.74) is 4.18. The molecule has 1 aliphatic heterocycles. The summed E-state index contributed by atoms with van der Waals surface area (Å²) in [4.78, 5) is 35.0. The minimum absolute atomic E-state index is 0.139. The fourth-order valence-electron chi connectivity index (χ4n) is 3.30. The highest BCUT2D eigenvalue weighted by Gasteiger charge is 2.21. The van der Waals surface area contributed by atoms with Crippen LogP contribution in [0.3, 0.4) is 0 Å². The molecule has 0 unspecified atom stereocenters. The van der Waals surface area contributed by atoms with Crippen LogP contribution in [0, 0.1) is 0 Å². The Labute approximate surface area is 146 Å². The number of ketones is 1. The first kappa shape index (κ1) is 17.3. The molecule has 1 amide bonds. The molecule has 6 nitrogen and oxygen atoms in total. The number of hydrogen-bond donors (Lipinski definition) is 1. The van der Waals surface area contributed by atoms with Gasteiger partial charge in [0.2, 0.25) is 5.91 Å². The first-order chi connectivity index (χ1) is 12.1. The number of hydrazone groups is 1. The smallest absolute Gasteiger partial charge is 0.354 e. The maximum absolute atomic E-state index is 12.2. The number of ether oxygens (including phenoxy) is 1. The molecule has 0 aromatic heterocycles. The number of esters is 1. The summed E-state index contributed by atoms with van der Waals surface area (Å²) in [5, 5.41) is 3.66. The quantitative estimate of drug-likeness (QED) is 0.658. The lowest BCUT2D eigenvalue weighted by atomic mass is 9.84. The van der Waals surface area contributed by atoms with Crippen molar-refractivity contribution in [3.05, 3.63) is 35.4 Å². The van der Waals surface area contributed by atoms with Crippen molar-refractivity contribution in [1.82, 2.24) is 5.43 Å². The van der Waals surface area contributed by atoms with Gasteiger partial charge in [0.1, 0.15) is 5.71 Å². The molecule has 0 saturated heterocycles. The second-order valence-corrected chi connectivity index (χ2v) is 6.55. The minimum atomic E-state index is -0.660. The fourth-order valence-corrected chi connectivity index (χ4v) is 3.30. The van der Waals surface area contributed by atoms with E-state index in [2.05, 4.69) is 10.5 Å². The summed E-state index contributed by atoms with van der Waals surface area (Å²) in [5.74, 6) is -0.544. The molecular weight excluding hydrogens is 320 g/mol. The molecule has 132 valence electrons. The standard InChI is InChI=1S/C19H22N2O4/c22-17(12-25-19(24)16-10-11-18(23)21-20-16)15-8-6-14(7-9-15)13-4-2-1-3-5-13/h6-9,13H,1-5,10-12H2,(H,21,23). The second kappa shape index (κ2) is 8.05. The molecule has 1 N–H and O–H groups in total. The first-order valence-corrected chi connectivity index (χ1v) is 8.79. The molecular formula is C19H22N2O4. The van der Waals surface area contributed by atoms with Crippen LogP contribution in [-0.4, -0.2) is 30.0 Å². The topological polar surface area (TPSA) is 84.8 Å². The van der Waals surface area contributed by atoms with Crippen LogP contribution >= 0.6 is 0 Å². The summed E-state index contributed by atoms with van der Waals surface area (Å²) in [6.45, 7) is -0.325. The number of nitrogens with one attached hydrogen (secondary N) is 1. The number of nitrogens with zero attached hydrogens (tertiary/aromatic N) is 1. The zero-order valence-corrected chi connectivity index (χ0v) is 14.1. The van der Waals surface area contributed by atoms with E-state index >= 15 is 0 Å². The van der Waals surface area contributed by atoms with E-state index in [1.165, 1.54) is 37.7 Å². The Bertz CT molecular complexity index is 688. The molecule has 1 aliphatic carbocycles. The molecule has 2 aliphatic rings. The van der Waals surface area contributed by atoms with Gasteiger partial charge in [-0.05, 0) is 24.3 Å². The number of benzene rings is 1. The Kier molecular flexibility index (Phi) is 5.58. The molecule has 1 aromatic carbocycles. The number of hydrogen-bond acceptors (Lipinski definition) is 5. The summed E-state index contributed by atoms with van der Waals surface area (Å²) >= 11 is 0. The van der Waals surface area contributed by atoms with Gasteiger partial charge in [0.25, 0.3) is 0 Å². The SMILES string of the molecule is O=C1CCC(C(=O)OCC(=O)c2ccc(C3CCCCC3)cc2)=NN1. The van der Waals surface area contributed by atoms with Gasteiger partial charge in [-0.2, -0.15) is 5.10 Å². The molecule has 1 saturated carbocycles. The van der Waals surface area contributed by atoms with E-state index in [9.17, 15) is 14.4 Å². The Hall–Kier alpha value is -2.50. The zero-order valence-electron chi connectivity index (χ0n) is 14.1. The van der Waals surface area contributed by atoms with Gasteiger partial charge >= 0.3 is 5.97 Å². The van der Waals surface area contributed by atoms with Crippen LogP contribution in [0.4, 0.5) is 0 Å². The highest BCUT2D eigenvalue weighted by Crippen LogP contribution is 2.32. The lowest BCUT2D eigenvalue weighted by Crippen LogP contribution is -2.31. The van der Waals surface area contributed by atoms with E-state index in [-0.39, 0.29) is 36.9 Å². The second-order valence-electron chi connectivity index (χ2n) is 6.55. The van der Waals surface area contributed by atoms with Gasteiger partial charge in [-0.25, -0.2) is 10.2 Å². The molecule has 1 heterocycles. The minimum Gasteiger partial charge on any atom is -0.453 e. The summed E-state index contributed by atoms with van der Waals surface area (Å²) < 4.78 is 5.01. The highest BCUT2D eigenvalue weighted by atomic mass is 16.5. The lowest BCUT2D eigenvalue weighted by molar-refractivity contribution is -0.134. The van der Waals surface area contributed by atoms with Crippen molar-refractivity contribution in [2.24, 2.45) is 5.10 Å². The van der Waals surface area contributed by atoms with E-state index in [1.807, 2.05) is 12.1 Å². The van der Waals surface area contributed by atoms with Crippen molar-refractivity contribution in [3.8, 4) is 0 Å². The van der Waals surface area contributed by atoms with Crippen molar-refractivity contribution in [1.29, 1.82) is 0 Å². The van der Waals surface area contributed by atoms with Crippen LogP contribution < -0.4 is 5.43 Å². The van der Waals surface area contributed by atoms with Gasteiger partial charge in [0.05, 0.1) is 0 Å². The lowest BCUT2D eigenvalue weighted by Gasteiger charge is -2.22. The number of carbonyl (C=O) groups is 3. The van der Waals surface area contributed by atoms with E-state index in [4.69, 9.17) is 4.74 Å². The average molecular weight is 342 g/mol. The largest absolute Gasteiger partial charge is 0.453 e. The Balaban J connectivity index is 1.52. The molecule has 25 heavy (non-hydrogen) atoms. The van der Waals surface area contributed by atoms with Gasteiger partial charge in [0.15, 0.2) is 12.4 Å². The highest BCUT2D eigenvalue weighted by molar-refractivity contribution is 6.37. The van der Waals surface area contributed by atoms with E-state index in [0.29, 0.717) is 11.5 Å². The molecule has 3 rings (SSSR count). The number of Topliss-reactive ketones (excluding diaryl/α,β-unsaturated/α-hetero) is 1. The Morgan fingerprint density at radius 2 is 1.80 bits per heavy atom. The molecule has 0 radical (unpaired) electrons. The Morgan fingerprint density at radius 3 is 2.44 bits per heavy atom. The summed E-state index contributed by atoms with van der Waals surface area (Å²) in [6.07, 6.45) is 6.71. The maximum atomic E-state index is 12.2. The molecule has 1 aromatic rings. The normalized spacial score (nSPS) is 18.2. The van der Waals surface area contributed by atoms with Gasteiger partial charge in [0, 0.05) is 18.4 Å². The van der Waals surface area contributed by atoms with Crippen LogP contribution in [0.15, 0.2) is 29.4 Å². The summed E-state index contributed by atoms with van der Waals surface area (Å²) in [7, 11) is 0. The molecule has 1 fully saturated rings. The van der Waals surface area contributed by atoms with Crippen molar-refractivity contribution < 1.29 is 19.1 Å². The van der Waals surface area contributed by atoms with Crippen LogP contribution in [0.25, 0.3) is 0 Å². The number of rotatable bonds is 5. The molecule has 0 spiro atoms. The predicted molar refractivity (Wildman–Crippen MR) is 92.4 cm³/mol. The monoisotopic (exact) mass is 342 g/mol. The average Bonchev–Trinajstić information content (AvgIpc) is 2.67. The van der Waals surface area contributed by atoms with E-state index < -0.39 is 5.97 Å². The van der Waals surface area contributed by atoms with Gasteiger partial charge < -0.3 is 4.74 Å². The van der Waals surface area contributed by atoms with Crippen LogP contribution in [0.2, 0.25) is 0 Å². The third-order valence-corrected chi connectivity index (χ3v) is 4.78. The molecule has 6 heteroatoms. The third kappa shape index (κ3) is 4.53. The molecule has 0 atom stereocenters. The summed E-state index contributed by atoms with van der Waals surface area (Å²) in [6, 6.07) is 7.62. The van der Waals surface area contributed by atoms with Crippen LogP contribution in [0.1, 0.15) is 66.8 Å². The number of carbonyl (C=O) groups excluding carboxylic acids is 3. The van der Waals surface area contributed by atoms with Crippen LogP contribution in [0.5, 0.6) is 0 Å². The first-order valence-electron chi connectivity index (χ1n) is 8.79. The molecule has 0 bridgehead atoms. The Morgan fingerprint density at radius 1 is 1.08 bits per heavy atom.